The van der Waals surface area contributed by atoms with Gasteiger partial charge in [-0.1, -0.05) is 50.2 Å². The summed E-state index contributed by atoms with van der Waals surface area (Å²) in [7, 11) is 0. The molecule has 1 aliphatic rings. The molecule has 2 aromatic carbocycles. The van der Waals surface area contributed by atoms with Crippen LogP contribution in [0, 0.1) is 12.8 Å². The Labute approximate surface area is 189 Å². The number of hydrogen-bond donors (Lipinski definition) is 0. The van der Waals surface area contributed by atoms with Crippen LogP contribution in [0.2, 0.25) is 0 Å². The molecule has 32 heavy (non-hydrogen) atoms. The summed E-state index contributed by atoms with van der Waals surface area (Å²) >= 11 is 0. The fourth-order valence-corrected chi connectivity index (χ4v) is 3.99. The first-order valence-electron chi connectivity index (χ1n) is 11.3. The molecular weight excluding hydrogens is 402 g/mol. The van der Waals surface area contributed by atoms with Crippen LogP contribution in [0.25, 0.3) is 5.69 Å². The second-order valence-corrected chi connectivity index (χ2v) is 8.54. The molecule has 1 fully saturated rings. The maximum Gasteiger partial charge on any atom is 0.227 e. The zero-order valence-electron chi connectivity index (χ0n) is 19.0. The van der Waals surface area contributed by atoms with Gasteiger partial charge in [-0.15, -0.1) is 0 Å². The van der Waals surface area contributed by atoms with Crippen molar-refractivity contribution in [2.75, 3.05) is 13.2 Å². The maximum absolute atomic E-state index is 13.1. The van der Waals surface area contributed by atoms with Gasteiger partial charge in [0.25, 0.3) is 0 Å². The van der Waals surface area contributed by atoms with Crippen LogP contribution in [0.15, 0.2) is 60.7 Å². The highest BCUT2D eigenvalue weighted by Gasteiger charge is 2.28. The van der Waals surface area contributed by atoms with E-state index in [-0.39, 0.29) is 17.9 Å². The molecule has 1 atom stereocenters. The fraction of sp³-hybridized carbons (Fsp3) is 0.385. The third kappa shape index (κ3) is 5.02. The molecule has 1 aromatic heterocycles. The van der Waals surface area contributed by atoms with Crippen molar-refractivity contribution < 1.29 is 14.3 Å². The second-order valence-electron chi connectivity index (χ2n) is 8.54. The molecule has 2 heterocycles. The summed E-state index contributed by atoms with van der Waals surface area (Å²) in [4.78, 5) is 15.0. The predicted octanol–water partition coefficient (Wildman–Crippen LogP) is 5.14. The lowest BCUT2D eigenvalue weighted by atomic mass is 10.1. The number of benzene rings is 2. The van der Waals surface area contributed by atoms with E-state index in [1.165, 1.54) is 0 Å². The monoisotopic (exact) mass is 433 g/mol. The summed E-state index contributed by atoms with van der Waals surface area (Å²) in [5.41, 5.74) is 2.66. The zero-order chi connectivity index (χ0) is 22.5. The summed E-state index contributed by atoms with van der Waals surface area (Å²) in [6.07, 6.45) is 2.11. The lowest BCUT2D eigenvalue weighted by Gasteiger charge is -2.27. The van der Waals surface area contributed by atoms with Gasteiger partial charge < -0.3 is 14.4 Å². The van der Waals surface area contributed by atoms with Gasteiger partial charge in [0.2, 0.25) is 11.8 Å². The highest BCUT2D eigenvalue weighted by Crippen LogP contribution is 2.32. The fourth-order valence-electron chi connectivity index (χ4n) is 3.99. The zero-order valence-corrected chi connectivity index (χ0v) is 19.0. The normalized spacial score (nSPS) is 15.8. The molecule has 168 valence electrons. The van der Waals surface area contributed by atoms with Gasteiger partial charge in [-0.2, -0.15) is 5.10 Å². The molecule has 0 radical (unpaired) electrons. The third-order valence-electron chi connectivity index (χ3n) is 5.70. The predicted molar refractivity (Wildman–Crippen MR) is 124 cm³/mol. The minimum absolute atomic E-state index is 0.0840. The van der Waals surface area contributed by atoms with E-state index in [4.69, 9.17) is 14.6 Å². The van der Waals surface area contributed by atoms with Crippen molar-refractivity contribution in [1.29, 1.82) is 0 Å². The molecular formula is C26H31N3O3. The Hall–Kier alpha value is -3.12. The molecule has 0 unspecified atom stereocenters. The first kappa shape index (κ1) is 22.1. The minimum atomic E-state index is -0.0978. The number of rotatable bonds is 8. The molecule has 6 nitrogen and oxygen atoms in total. The average Bonchev–Trinajstić information content (AvgIpc) is 3.43. The Kier molecular flexibility index (Phi) is 6.90. The standard InChI is InChI=1S/C26H31N3O3/c1-19(2)25(30)28(17-23-15-10-16-31-23)18-24-20(3)27-29(21-11-6-4-7-12-21)26(24)32-22-13-8-5-9-14-22/h4-9,11-14,19,23H,10,15-18H2,1-3H3/t23-/m0/s1. The molecule has 6 heteroatoms. The number of nitrogens with zero attached hydrogens (tertiary/aromatic N) is 3. The average molecular weight is 434 g/mol. The van der Waals surface area contributed by atoms with Crippen LogP contribution in [0.3, 0.4) is 0 Å². The highest BCUT2D eigenvalue weighted by atomic mass is 16.5. The Bertz CT molecular complexity index is 1030. The number of hydrogen-bond acceptors (Lipinski definition) is 4. The lowest BCUT2D eigenvalue weighted by Crippen LogP contribution is -2.39. The van der Waals surface area contributed by atoms with Crippen LogP contribution in [-0.2, 0) is 16.1 Å². The summed E-state index contributed by atoms with van der Waals surface area (Å²) in [6.45, 7) is 7.62. The number of ether oxygens (including phenoxy) is 2. The molecule has 0 saturated carbocycles. The van der Waals surface area contributed by atoms with Gasteiger partial charge in [-0.05, 0) is 44.0 Å². The van der Waals surface area contributed by atoms with E-state index >= 15 is 0 Å². The van der Waals surface area contributed by atoms with Gasteiger partial charge in [0.1, 0.15) is 5.75 Å². The smallest absolute Gasteiger partial charge is 0.227 e. The van der Waals surface area contributed by atoms with Gasteiger partial charge >= 0.3 is 0 Å². The lowest BCUT2D eigenvalue weighted by molar-refractivity contribution is -0.136. The van der Waals surface area contributed by atoms with Crippen molar-refractivity contribution in [3.05, 3.63) is 71.9 Å². The molecule has 4 rings (SSSR count). The van der Waals surface area contributed by atoms with Crippen molar-refractivity contribution in [3.8, 4) is 17.3 Å². The van der Waals surface area contributed by atoms with Gasteiger partial charge in [-0.25, -0.2) is 4.68 Å². The van der Waals surface area contributed by atoms with E-state index in [2.05, 4.69) is 0 Å². The van der Waals surface area contributed by atoms with E-state index in [1.54, 1.807) is 0 Å². The van der Waals surface area contributed by atoms with E-state index in [0.717, 1.165) is 42.1 Å². The Morgan fingerprint density at radius 3 is 2.47 bits per heavy atom. The van der Waals surface area contributed by atoms with Crippen LogP contribution in [-0.4, -0.2) is 39.8 Å². The summed E-state index contributed by atoms with van der Waals surface area (Å²) in [5.74, 6) is 1.37. The van der Waals surface area contributed by atoms with Crippen LogP contribution in [0.1, 0.15) is 37.9 Å². The van der Waals surface area contributed by atoms with E-state index < -0.39 is 0 Å². The molecule has 0 bridgehead atoms. The summed E-state index contributed by atoms with van der Waals surface area (Å²) < 4.78 is 14.0. The van der Waals surface area contributed by atoms with Gasteiger partial charge in [0, 0.05) is 19.1 Å². The number of carbonyl (C=O) groups excluding carboxylic acids is 1. The van der Waals surface area contributed by atoms with Crippen molar-refractivity contribution in [1.82, 2.24) is 14.7 Å². The van der Waals surface area contributed by atoms with Gasteiger partial charge in [0.15, 0.2) is 0 Å². The maximum atomic E-state index is 13.1. The van der Waals surface area contributed by atoms with Crippen molar-refractivity contribution in [2.24, 2.45) is 5.92 Å². The Morgan fingerprint density at radius 2 is 1.84 bits per heavy atom. The number of aryl methyl sites for hydroxylation is 1. The SMILES string of the molecule is Cc1nn(-c2ccccc2)c(Oc2ccccc2)c1CN(C[C@@H]1CCCO1)C(=O)C(C)C. The van der Waals surface area contributed by atoms with Crippen LogP contribution < -0.4 is 4.74 Å². The van der Waals surface area contributed by atoms with E-state index in [0.29, 0.717) is 19.0 Å². The summed E-state index contributed by atoms with van der Waals surface area (Å²) in [5, 5.41) is 4.79. The van der Waals surface area contributed by atoms with E-state index in [1.807, 2.05) is 91.0 Å². The molecule has 1 amide bonds. The van der Waals surface area contributed by atoms with Crippen molar-refractivity contribution in [3.63, 3.8) is 0 Å². The van der Waals surface area contributed by atoms with E-state index in [9.17, 15) is 4.79 Å². The molecule has 1 saturated heterocycles. The third-order valence-corrected chi connectivity index (χ3v) is 5.70. The molecule has 1 aliphatic heterocycles. The van der Waals surface area contributed by atoms with Crippen LogP contribution in [0.5, 0.6) is 11.6 Å². The summed E-state index contributed by atoms with van der Waals surface area (Å²) in [6, 6.07) is 19.6. The molecule has 0 N–H and O–H groups in total. The number of para-hydroxylation sites is 2. The number of carbonyl (C=O) groups is 1. The Morgan fingerprint density at radius 1 is 1.16 bits per heavy atom. The molecule has 3 aromatic rings. The number of amides is 1. The second kappa shape index (κ2) is 10.0. The first-order chi connectivity index (χ1) is 15.5. The molecule has 0 spiro atoms. The first-order valence-corrected chi connectivity index (χ1v) is 11.3. The topological polar surface area (TPSA) is 56.6 Å². The quantitative estimate of drug-likeness (QED) is 0.494. The van der Waals surface area contributed by atoms with Crippen molar-refractivity contribution in [2.45, 2.75) is 46.3 Å². The van der Waals surface area contributed by atoms with Crippen molar-refractivity contribution >= 4 is 5.91 Å². The van der Waals surface area contributed by atoms with Crippen LogP contribution >= 0.6 is 0 Å². The highest BCUT2D eigenvalue weighted by molar-refractivity contribution is 5.78. The largest absolute Gasteiger partial charge is 0.439 e. The van der Waals surface area contributed by atoms with Gasteiger partial charge in [0.05, 0.1) is 29.6 Å². The van der Waals surface area contributed by atoms with Gasteiger partial charge in [-0.3, -0.25) is 4.79 Å². The molecule has 0 aliphatic carbocycles. The Balaban J connectivity index is 1.72. The number of aromatic nitrogens is 2. The van der Waals surface area contributed by atoms with Crippen LogP contribution in [0.4, 0.5) is 0 Å². The minimum Gasteiger partial charge on any atom is -0.439 e.